The number of hydrogen-bond acceptors (Lipinski definition) is 2. The smallest absolute Gasteiger partial charge is 0.115 e. The largest absolute Gasteiger partial charge is 0.508 e. The molecular weight excluding hydrogens is 350 g/mol. The number of benzene rings is 1. The molecule has 1 unspecified atom stereocenters. The van der Waals surface area contributed by atoms with Crippen LogP contribution < -0.4 is 5.32 Å². The summed E-state index contributed by atoms with van der Waals surface area (Å²) in [5.74, 6) is 0.407. The molecule has 2 N–H and O–H groups in total. The second-order valence-electron chi connectivity index (χ2n) is 6.82. The van der Waals surface area contributed by atoms with E-state index in [2.05, 4.69) is 18.3 Å². The molecule has 0 saturated carbocycles. The Kier molecular flexibility index (Phi) is 10.6. The molecule has 1 aliphatic rings. The lowest BCUT2D eigenvalue weighted by Crippen LogP contribution is -2.35. The van der Waals surface area contributed by atoms with Crippen molar-refractivity contribution in [3.63, 3.8) is 0 Å². The molecule has 132 valence electrons. The van der Waals surface area contributed by atoms with Gasteiger partial charge in [0.05, 0.1) is 0 Å². The van der Waals surface area contributed by atoms with Crippen LogP contribution in [0.4, 0.5) is 0 Å². The zero-order valence-electron chi connectivity index (χ0n) is 14.7. The fourth-order valence-corrected chi connectivity index (χ4v) is 3.48. The molecule has 1 aromatic rings. The minimum absolute atomic E-state index is 0. The van der Waals surface area contributed by atoms with E-state index in [0.29, 0.717) is 11.8 Å². The normalized spacial score (nSPS) is 16.7. The predicted molar refractivity (Wildman–Crippen MR) is 105 cm³/mol. The van der Waals surface area contributed by atoms with Crippen LogP contribution in [0.2, 0.25) is 0 Å². The Balaban J connectivity index is 0.00000264. The summed E-state index contributed by atoms with van der Waals surface area (Å²) >= 11 is 0. The zero-order chi connectivity index (χ0) is 15.6. The van der Waals surface area contributed by atoms with Gasteiger partial charge in [-0.15, -0.1) is 17.0 Å². The average molecular weight is 384 g/mol. The average Bonchev–Trinajstić information content (AvgIpc) is 2.53. The number of halogens is 1. The van der Waals surface area contributed by atoms with Gasteiger partial charge >= 0.3 is 0 Å². The molecule has 2 rings (SSSR count). The van der Waals surface area contributed by atoms with Crippen LogP contribution >= 0.6 is 17.0 Å². The molecule has 3 heteroatoms. The van der Waals surface area contributed by atoms with Gasteiger partial charge in [0, 0.05) is 6.04 Å². The number of fused-ring (bicyclic) bond motifs is 1. The third-order valence-corrected chi connectivity index (χ3v) is 4.88. The fraction of sp³-hybridized carbons (Fsp3) is 0.700. The highest BCUT2D eigenvalue weighted by Gasteiger charge is 2.17. The molecule has 0 heterocycles. The molecule has 0 bridgehead atoms. The van der Waals surface area contributed by atoms with Crippen LogP contribution in [0.25, 0.3) is 0 Å². The van der Waals surface area contributed by atoms with Crippen LogP contribution in [0.15, 0.2) is 18.2 Å². The summed E-state index contributed by atoms with van der Waals surface area (Å²) < 4.78 is 0. The molecular formula is C20H34BrNO. The van der Waals surface area contributed by atoms with Crippen LogP contribution in [-0.4, -0.2) is 17.7 Å². The van der Waals surface area contributed by atoms with Gasteiger partial charge in [0.15, 0.2) is 0 Å². The van der Waals surface area contributed by atoms with Crippen LogP contribution in [0, 0.1) is 0 Å². The number of aryl methyl sites for hydroxylation is 1. The maximum absolute atomic E-state index is 9.53. The van der Waals surface area contributed by atoms with Gasteiger partial charge in [-0.3, -0.25) is 0 Å². The first-order chi connectivity index (χ1) is 10.8. The lowest BCUT2D eigenvalue weighted by atomic mass is 9.88. The van der Waals surface area contributed by atoms with Crippen molar-refractivity contribution in [3.8, 4) is 5.75 Å². The summed E-state index contributed by atoms with van der Waals surface area (Å²) in [4.78, 5) is 0. The first-order valence-electron chi connectivity index (χ1n) is 9.33. The van der Waals surface area contributed by atoms with Crippen LogP contribution in [0.1, 0.15) is 75.8 Å². The summed E-state index contributed by atoms with van der Waals surface area (Å²) in [6.45, 7) is 3.44. The maximum atomic E-state index is 9.53. The number of rotatable bonds is 10. The van der Waals surface area contributed by atoms with Gasteiger partial charge in [-0.1, -0.05) is 57.9 Å². The van der Waals surface area contributed by atoms with Gasteiger partial charge in [-0.2, -0.15) is 0 Å². The van der Waals surface area contributed by atoms with Gasteiger partial charge in [-0.05, 0) is 55.5 Å². The summed E-state index contributed by atoms with van der Waals surface area (Å²) in [5, 5.41) is 13.3. The summed E-state index contributed by atoms with van der Waals surface area (Å²) in [7, 11) is 0. The Morgan fingerprint density at radius 2 is 1.70 bits per heavy atom. The lowest BCUT2D eigenvalue weighted by molar-refractivity contribution is 0.441. The molecule has 1 aromatic carbocycles. The first-order valence-corrected chi connectivity index (χ1v) is 9.33. The van der Waals surface area contributed by atoms with E-state index in [1.54, 1.807) is 0 Å². The van der Waals surface area contributed by atoms with E-state index in [9.17, 15) is 5.11 Å². The van der Waals surface area contributed by atoms with Crippen molar-refractivity contribution in [1.82, 2.24) is 5.32 Å². The third-order valence-electron chi connectivity index (χ3n) is 4.88. The van der Waals surface area contributed by atoms with Crippen molar-refractivity contribution < 1.29 is 5.11 Å². The summed E-state index contributed by atoms with van der Waals surface area (Å²) in [6.07, 6.45) is 14.5. The van der Waals surface area contributed by atoms with Crippen molar-refractivity contribution >= 4 is 17.0 Å². The number of aromatic hydroxyl groups is 1. The van der Waals surface area contributed by atoms with Gasteiger partial charge in [-0.25, -0.2) is 0 Å². The Morgan fingerprint density at radius 1 is 1.00 bits per heavy atom. The first kappa shape index (κ1) is 20.5. The Labute approximate surface area is 152 Å². The number of nitrogens with one attached hydrogen (secondary N) is 1. The molecule has 1 atom stereocenters. The van der Waals surface area contributed by atoms with Crippen LogP contribution in [0.5, 0.6) is 5.75 Å². The lowest BCUT2D eigenvalue weighted by Gasteiger charge is -2.25. The van der Waals surface area contributed by atoms with Crippen molar-refractivity contribution in [2.24, 2.45) is 0 Å². The van der Waals surface area contributed by atoms with Crippen molar-refractivity contribution in [2.45, 2.75) is 83.6 Å². The molecule has 0 aliphatic heterocycles. The van der Waals surface area contributed by atoms with E-state index in [1.807, 2.05) is 12.1 Å². The zero-order valence-corrected chi connectivity index (χ0v) is 16.4. The summed E-state index contributed by atoms with van der Waals surface area (Å²) in [6, 6.07) is 6.47. The Hall–Kier alpha value is -0.540. The standard InChI is InChI=1S/C20H33NO.BrH/c1-2-3-4-5-6-7-8-9-14-21-19-12-10-18-16-20(22)13-11-17(18)15-19;/h11,13,16,19,21-22H,2-10,12,14-15H2,1H3;1H. The molecule has 0 radical (unpaired) electrons. The molecule has 0 aromatic heterocycles. The number of hydrogen-bond donors (Lipinski definition) is 2. The highest BCUT2D eigenvalue weighted by molar-refractivity contribution is 8.93. The predicted octanol–water partition coefficient (Wildman–Crippen LogP) is 5.56. The number of unbranched alkanes of at least 4 members (excludes halogenated alkanes) is 7. The Morgan fingerprint density at radius 3 is 2.43 bits per heavy atom. The minimum atomic E-state index is 0. The molecule has 23 heavy (non-hydrogen) atoms. The van der Waals surface area contributed by atoms with E-state index < -0.39 is 0 Å². The van der Waals surface area contributed by atoms with E-state index in [1.165, 1.54) is 68.9 Å². The second kappa shape index (κ2) is 11.9. The second-order valence-corrected chi connectivity index (χ2v) is 6.82. The quantitative estimate of drug-likeness (QED) is 0.518. The van der Waals surface area contributed by atoms with Crippen LogP contribution in [0.3, 0.4) is 0 Å². The third kappa shape index (κ3) is 7.71. The van der Waals surface area contributed by atoms with E-state index in [4.69, 9.17) is 0 Å². The molecule has 0 fully saturated rings. The van der Waals surface area contributed by atoms with Crippen LogP contribution in [-0.2, 0) is 12.8 Å². The topological polar surface area (TPSA) is 32.3 Å². The molecule has 2 nitrogen and oxygen atoms in total. The maximum Gasteiger partial charge on any atom is 0.115 e. The molecule has 1 aliphatic carbocycles. The Bertz CT molecular complexity index is 436. The van der Waals surface area contributed by atoms with E-state index in [-0.39, 0.29) is 17.0 Å². The summed E-state index contributed by atoms with van der Waals surface area (Å²) in [5.41, 5.74) is 2.75. The minimum Gasteiger partial charge on any atom is -0.508 e. The molecule has 0 saturated heterocycles. The van der Waals surface area contributed by atoms with Gasteiger partial charge in [0.1, 0.15) is 5.75 Å². The van der Waals surface area contributed by atoms with Crippen molar-refractivity contribution in [3.05, 3.63) is 29.3 Å². The van der Waals surface area contributed by atoms with Crippen molar-refractivity contribution in [2.75, 3.05) is 6.54 Å². The van der Waals surface area contributed by atoms with Crippen molar-refractivity contribution in [1.29, 1.82) is 0 Å². The number of phenolic OH excluding ortho intramolecular Hbond substituents is 1. The monoisotopic (exact) mass is 383 g/mol. The number of phenols is 1. The van der Waals surface area contributed by atoms with Gasteiger partial charge < -0.3 is 10.4 Å². The SMILES string of the molecule is Br.CCCCCCCCCCNC1CCc2cc(O)ccc2C1. The van der Waals surface area contributed by atoms with E-state index >= 15 is 0 Å². The molecule has 0 spiro atoms. The fourth-order valence-electron chi connectivity index (χ4n) is 3.48. The highest BCUT2D eigenvalue weighted by Crippen LogP contribution is 2.25. The molecule has 0 amide bonds. The van der Waals surface area contributed by atoms with E-state index in [0.717, 1.165) is 19.4 Å². The highest BCUT2D eigenvalue weighted by atomic mass is 79.9. The van der Waals surface area contributed by atoms with Gasteiger partial charge in [0.2, 0.25) is 0 Å². The van der Waals surface area contributed by atoms with Gasteiger partial charge in [0.25, 0.3) is 0 Å².